The van der Waals surface area contributed by atoms with Crippen molar-refractivity contribution < 1.29 is 28.9 Å². The van der Waals surface area contributed by atoms with Crippen LogP contribution in [0, 0.1) is 0 Å². The van der Waals surface area contributed by atoms with Crippen LogP contribution < -0.4 is 0 Å². The third kappa shape index (κ3) is 5.72. The molecule has 2 heterocycles. The Kier molecular flexibility index (Phi) is 7.31. The lowest BCUT2D eigenvalue weighted by Gasteiger charge is -2.49. The minimum atomic E-state index is -1.02. The molecule has 4 rings (SSSR count). The van der Waals surface area contributed by atoms with Gasteiger partial charge in [0.1, 0.15) is 18.8 Å². The van der Waals surface area contributed by atoms with E-state index in [0.29, 0.717) is 51.1 Å². The van der Waals surface area contributed by atoms with Crippen LogP contribution in [0.3, 0.4) is 0 Å². The number of halogens is 1. The van der Waals surface area contributed by atoms with Crippen LogP contribution in [0.15, 0.2) is 53.1 Å². The summed E-state index contributed by atoms with van der Waals surface area (Å²) < 4.78 is 18.4. The fraction of sp³-hybridized carbons (Fsp3) is 0.458. The zero-order valence-electron chi connectivity index (χ0n) is 18.2. The van der Waals surface area contributed by atoms with Crippen LogP contribution in [0.1, 0.15) is 36.9 Å². The number of aliphatic carboxylic acids is 1. The number of amides is 1. The van der Waals surface area contributed by atoms with Gasteiger partial charge in [0.05, 0.1) is 24.4 Å². The van der Waals surface area contributed by atoms with E-state index in [2.05, 4.69) is 20.9 Å². The van der Waals surface area contributed by atoms with Gasteiger partial charge in [-0.1, -0.05) is 30.3 Å². The monoisotopic (exact) mass is 518 g/mol. The third-order valence-electron chi connectivity index (χ3n) is 6.35. The van der Waals surface area contributed by atoms with E-state index in [-0.39, 0.29) is 12.7 Å². The molecule has 9 heteroatoms. The van der Waals surface area contributed by atoms with Crippen molar-refractivity contribution in [3.63, 3.8) is 0 Å². The quantitative estimate of drug-likeness (QED) is 0.613. The second kappa shape index (κ2) is 10.2. The fourth-order valence-electron chi connectivity index (χ4n) is 4.54. The highest BCUT2D eigenvalue weighted by Crippen LogP contribution is 2.46. The van der Waals surface area contributed by atoms with Crippen LogP contribution in [0.5, 0.6) is 0 Å². The zero-order chi connectivity index (χ0) is 23.3. The summed E-state index contributed by atoms with van der Waals surface area (Å²) in [7, 11) is 0. The Morgan fingerprint density at radius 3 is 2.55 bits per heavy atom. The van der Waals surface area contributed by atoms with Crippen molar-refractivity contribution in [1.82, 2.24) is 9.88 Å². The Bertz CT molecular complexity index is 961. The Morgan fingerprint density at radius 2 is 1.88 bits per heavy atom. The minimum absolute atomic E-state index is 0.228. The van der Waals surface area contributed by atoms with Crippen molar-refractivity contribution in [2.75, 3.05) is 26.3 Å². The van der Waals surface area contributed by atoms with Crippen molar-refractivity contribution in [1.29, 1.82) is 0 Å². The molecular weight excluding hydrogens is 492 g/mol. The van der Waals surface area contributed by atoms with Crippen molar-refractivity contribution in [3.8, 4) is 0 Å². The van der Waals surface area contributed by atoms with Gasteiger partial charge in [-0.05, 0) is 59.3 Å². The fourth-order valence-corrected chi connectivity index (χ4v) is 4.78. The van der Waals surface area contributed by atoms with E-state index in [1.165, 1.54) is 0 Å². The molecule has 2 aromatic rings. The number of carboxylic acids is 1. The van der Waals surface area contributed by atoms with Gasteiger partial charge in [0, 0.05) is 17.2 Å². The molecular formula is C24H27BrN2O6. The Balaban J connectivity index is 1.41. The SMILES string of the molecule is O=C(O)COC1(c2ccc(Br)cn2)CCC2(CC1)CN(C(=O)OCc1ccccc1)CCO2. The summed E-state index contributed by atoms with van der Waals surface area (Å²) in [5.41, 5.74) is 0.338. The molecule has 1 aliphatic carbocycles. The van der Waals surface area contributed by atoms with E-state index < -0.39 is 23.8 Å². The molecule has 1 aliphatic heterocycles. The summed E-state index contributed by atoms with van der Waals surface area (Å²) in [5.74, 6) is -1.02. The van der Waals surface area contributed by atoms with Gasteiger partial charge in [0.25, 0.3) is 0 Å². The lowest BCUT2D eigenvalue weighted by Crippen LogP contribution is -2.57. The van der Waals surface area contributed by atoms with Crippen LogP contribution in [-0.2, 0) is 31.2 Å². The first-order chi connectivity index (χ1) is 15.9. The molecule has 0 radical (unpaired) electrons. The average Bonchev–Trinajstić information content (AvgIpc) is 2.84. The van der Waals surface area contributed by atoms with Gasteiger partial charge in [0.15, 0.2) is 0 Å². The summed E-state index contributed by atoms with van der Waals surface area (Å²) in [6.45, 7) is 1.17. The summed E-state index contributed by atoms with van der Waals surface area (Å²) in [4.78, 5) is 30.1. The van der Waals surface area contributed by atoms with Gasteiger partial charge in [-0.15, -0.1) is 0 Å². The molecule has 0 atom stereocenters. The number of hydrogen-bond donors (Lipinski definition) is 1. The number of nitrogens with zero attached hydrogens (tertiary/aromatic N) is 2. The Morgan fingerprint density at radius 1 is 1.12 bits per heavy atom. The summed E-state index contributed by atoms with van der Waals surface area (Å²) in [6.07, 6.45) is 3.66. The zero-order valence-corrected chi connectivity index (χ0v) is 19.8. The molecule has 1 amide bonds. The van der Waals surface area contributed by atoms with Crippen molar-refractivity contribution in [2.24, 2.45) is 0 Å². The molecule has 1 saturated carbocycles. The van der Waals surface area contributed by atoms with E-state index in [1.807, 2.05) is 42.5 Å². The van der Waals surface area contributed by atoms with E-state index in [4.69, 9.17) is 14.2 Å². The molecule has 1 saturated heterocycles. The highest BCUT2D eigenvalue weighted by Gasteiger charge is 2.49. The molecule has 2 aliphatic rings. The first-order valence-electron chi connectivity index (χ1n) is 11.0. The van der Waals surface area contributed by atoms with E-state index in [1.54, 1.807) is 11.1 Å². The van der Waals surface area contributed by atoms with Gasteiger partial charge in [-0.3, -0.25) is 4.98 Å². The maximum absolute atomic E-state index is 12.7. The van der Waals surface area contributed by atoms with Crippen LogP contribution >= 0.6 is 15.9 Å². The van der Waals surface area contributed by atoms with Crippen LogP contribution in [0.2, 0.25) is 0 Å². The number of carbonyl (C=O) groups is 2. The molecule has 1 aromatic carbocycles. The predicted molar refractivity (Wildman–Crippen MR) is 123 cm³/mol. The number of rotatable bonds is 6. The highest BCUT2D eigenvalue weighted by atomic mass is 79.9. The van der Waals surface area contributed by atoms with E-state index in [0.717, 1.165) is 10.0 Å². The second-order valence-electron chi connectivity index (χ2n) is 8.53. The van der Waals surface area contributed by atoms with Crippen molar-refractivity contribution in [2.45, 2.75) is 43.5 Å². The van der Waals surface area contributed by atoms with E-state index in [9.17, 15) is 14.7 Å². The number of pyridine rings is 1. The normalized spacial score (nSPS) is 25.1. The van der Waals surface area contributed by atoms with E-state index >= 15 is 0 Å². The third-order valence-corrected chi connectivity index (χ3v) is 6.82. The number of hydrogen-bond acceptors (Lipinski definition) is 6. The molecule has 0 unspecified atom stereocenters. The number of morpholine rings is 1. The average molecular weight is 519 g/mol. The van der Waals surface area contributed by atoms with Crippen molar-refractivity contribution in [3.05, 3.63) is 64.4 Å². The van der Waals surface area contributed by atoms with Gasteiger partial charge >= 0.3 is 12.1 Å². The van der Waals surface area contributed by atoms with Crippen LogP contribution in [0.4, 0.5) is 4.79 Å². The second-order valence-corrected chi connectivity index (χ2v) is 9.45. The largest absolute Gasteiger partial charge is 0.480 e. The molecule has 1 aromatic heterocycles. The summed E-state index contributed by atoms with van der Waals surface area (Å²) >= 11 is 3.39. The number of benzene rings is 1. The van der Waals surface area contributed by atoms with Gasteiger partial charge in [-0.25, -0.2) is 9.59 Å². The minimum Gasteiger partial charge on any atom is -0.480 e. The topological polar surface area (TPSA) is 98.2 Å². The van der Waals surface area contributed by atoms with Crippen LogP contribution in [0.25, 0.3) is 0 Å². The predicted octanol–water partition coefficient (Wildman–Crippen LogP) is 4.12. The van der Waals surface area contributed by atoms with Crippen molar-refractivity contribution >= 4 is 28.0 Å². The molecule has 1 N–H and O–H groups in total. The lowest BCUT2D eigenvalue weighted by molar-refractivity contribution is -0.177. The molecule has 176 valence electrons. The molecule has 33 heavy (non-hydrogen) atoms. The number of carboxylic acid groups (broad SMARTS) is 1. The smallest absolute Gasteiger partial charge is 0.410 e. The molecule has 8 nitrogen and oxygen atoms in total. The van der Waals surface area contributed by atoms with Crippen LogP contribution in [-0.4, -0.2) is 59.0 Å². The number of ether oxygens (including phenoxy) is 3. The standard InChI is InChI=1S/C24H27BrN2O6/c25-19-6-7-20(26-14-19)24(33-16-21(28)29)10-8-23(9-11-24)17-27(12-13-32-23)22(30)31-15-18-4-2-1-3-5-18/h1-7,14H,8-13,15-17H2,(H,28,29). The summed E-state index contributed by atoms with van der Waals surface area (Å²) in [6, 6.07) is 13.3. The number of aromatic nitrogens is 1. The number of carbonyl (C=O) groups excluding carboxylic acids is 1. The first-order valence-corrected chi connectivity index (χ1v) is 11.8. The molecule has 1 spiro atoms. The van der Waals surface area contributed by atoms with Gasteiger partial charge in [0.2, 0.25) is 0 Å². The van der Waals surface area contributed by atoms with Gasteiger partial charge in [-0.2, -0.15) is 0 Å². The Hall–Kier alpha value is -2.49. The molecule has 2 fully saturated rings. The Labute approximate surface area is 201 Å². The maximum atomic E-state index is 12.7. The summed E-state index contributed by atoms with van der Waals surface area (Å²) in [5, 5.41) is 9.18. The molecule has 0 bridgehead atoms. The maximum Gasteiger partial charge on any atom is 0.410 e. The van der Waals surface area contributed by atoms with Gasteiger partial charge < -0.3 is 24.2 Å². The first kappa shape index (κ1) is 23.7. The highest BCUT2D eigenvalue weighted by molar-refractivity contribution is 9.10. The lowest BCUT2D eigenvalue weighted by atomic mass is 9.73.